The summed E-state index contributed by atoms with van der Waals surface area (Å²) in [5.74, 6) is -0.315. The Bertz CT molecular complexity index is 1010. The van der Waals surface area contributed by atoms with Gasteiger partial charge in [-0.25, -0.2) is 0 Å². The lowest BCUT2D eigenvalue weighted by molar-refractivity contribution is -0.137. The third-order valence-electron chi connectivity index (χ3n) is 4.22. The number of rotatable bonds is 6. The number of halogens is 4. The first kappa shape index (κ1) is 20.9. The van der Waals surface area contributed by atoms with Crippen LogP contribution in [0.3, 0.4) is 0 Å². The summed E-state index contributed by atoms with van der Waals surface area (Å²) in [5.41, 5.74) is 1.74. The van der Waals surface area contributed by atoms with Crippen molar-refractivity contribution in [3.63, 3.8) is 0 Å². The lowest BCUT2D eigenvalue weighted by Crippen LogP contribution is -2.15. The molecule has 0 bridgehead atoms. The van der Waals surface area contributed by atoms with E-state index in [0.717, 1.165) is 17.7 Å². The number of benzene rings is 3. The molecule has 0 fully saturated rings. The van der Waals surface area contributed by atoms with E-state index in [1.165, 1.54) is 6.07 Å². The topological polar surface area (TPSA) is 41.1 Å². The van der Waals surface area contributed by atoms with Gasteiger partial charge in [-0.3, -0.25) is 4.79 Å². The van der Waals surface area contributed by atoms with Crippen molar-refractivity contribution in [2.24, 2.45) is 0 Å². The summed E-state index contributed by atoms with van der Waals surface area (Å²) in [7, 11) is 0. The predicted molar refractivity (Wildman–Crippen MR) is 108 cm³/mol. The Hall–Kier alpha value is -2.83. The molecule has 29 heavy (non-hydrogen) atoms. The molecule has 0 aliphatic rings. The summed E-state index contributed by atoms with van der Waals surface area (Å²) in [6, 6.07) is 19.2. The standard InChI is InChI=1S/C22H18ClF3N2O/c23-20-10-2-1-9-19(20)21(29)28-18-8-4-6-16(12-18)14-27-13-15-5-3-7-17(11-15)22(24,25)26/h1-12,27H,13-14H2,(H,28,29). The number of carbonyl (C=O) groups is 1. The molecule has 3 aromatic carbocycles. The Kier molecular flexibility index (Phi) is 6.56. The first-order valence-corrected chi connectivity index (χ1v) is 9.22. The van der Waals surface area contributed by atoms with Crippen LogP contribution in [0.1, 0.15) is 27.0 Å². The molecule has 0 heterocycles. The molecule has 0 aromatic heterocycles. The van der Waals surface area contributed by atoms with E-state index < -0.39 is 11.7 Å². The highest BCUT2D eigenvalue weighted by atomic mass is 35.5. The monoisotopic (exact) mass is 418 g/mol. The minimum atomic E-state index is -4.36. The van der Waals surface area contributed by atoms with Crippen molar-refractivity contribution in [1.82, 2.24) is 5.32 Å². The maximum atomic E-state index is 12.8. The van der Waals surface area contributed by atoms with Gasteiger partial charge >= 0.3 is 6.18 Å². The highest BCUT2D eigenvalue weighted by molar-refractivity contribution is 6.34. The number of alkyl halides is 3. The van der Waals surface area contributed by atoms with Crippen LogP contribution in [0.25, 0.3) is 0 Å². The van der Waals surface area contributed by atoms with E-state index in [0.29, 0.717) is 34.9 Å². The molecule has 150 valence electrons. The molecule has 0 atom stereocenters. The molecule has 3 nitrogen and oxygen atoms in total. The first-order chi connectivity index (χ1) is 13.8. The second-order valence-electron chi connectivity index (χ2n) is 6.44. The Morgan fingerprint density at radius 1 is 0.862 bits per heavy atom. The van der Waals surface area contributed by atoms with Crippen LogP contribution < -0.4 is 10.6 Å². The maximum absolute atomic E-state index is 12.8. The van der Waals surface area contributed by atoms with Gasteiger partial charge in [-0.05, 0) is 41.5 Å². The van der Waals surface area contributed by atoms with Crippen LogP contribution in [0.5, 0.6) is 0 Å². The quantitative estimate of drug-likeness (QED) is 0.523. The van der Waals surface area contributed by atoms with Crippen LogP contribution in [0, 0.1) is 0 Å². The Morgan fingerprint density at radius 2 is 1.52 bits per heavy atom. The second kappa shape index (κ2) is 9.11. The number of carbonyl (C=O) groups excluding carboxylic acids is 1. The van der Waals surface area contributed by atoms with Crippen LogP contribution in [-0.4, -0.2) is 5.91 Å². The molecule has 3 aromatic rings. The second-order valence-corrected chi connectivity index (χ2v) is 6.84. The van der Waals surface area contributed by atoms with Crippen LogP contribution in [0.2, 0.25) is 5.02 Å². The molecule has 2 N–H and O–H groups in total. The normalized spacial score (nSPS) is 11.3. The van der Waals surface area contributed by atoms with E-state index in [1.807, 2.05) is 6.07 Å². The Morgan fingerprint density at radius 3 is 2.21 bits per heavy atom. The van der Waals surface area contributed by atoms with Gasteiger partial charge in [0.25, 0.3) is 5.91 Å². The molecule has 0 saturated heterocycles. The molecular weight excluding hydrogens is 401 g/mol. The van der Waals surface area contributed by atoms with Gasteiger partial charge in [0.15, 0.2) is 0 Å². The van der Waals surface area contributed by atoms with E-state index in [4.69, 9.17) is 11.6 Å². The van der Waals surface area contributed by atoms with Gasteiger partial charge in [-0.1, -0.05) is 54.1 Å². The first-order valence-electron chi connectivity index (χ1n) is 8.84. The number of hydrogen-bond acceptors (Lipinski definition) is 2. The summed E-state index contributed by atoms with van der Waals surface area (Å²) < 4.78 is 38.4. The zero-order chi connectivity index (χ0) is 20.9. The van der Waals surface area contributed by atoms with Crippen molar-refractivity contribution < 1.29 is 18.0 Å². The zero-order valence-corrected chi connectivity index (χ0v) is 16.0. The SMILES string of the molecule is O=C(Nc1cccc(CNCc2cccc(C(F)(F)F)c2)c1)c1ccccc1Cl. The van der Waals surface area contributed by atoms with E-state index in [9.17, 15) is 18.0 Å². The van der Waals surface area contributed by atoms with Crippen LogP contribution in [0.4, 0.5) is 18.9 Å². The Balaban J connectivity index is 1.59. The molecule has 0 saturated carbocycles. The predicted octanol–water partition coefficient (Wildman–Crippen LogP) is 5.90. The van der Waals surface area contributed by atoms with Crippen molar-refractivity contribution in [1.29, 1.82) is 0 Å². The number of amides is 1. The summed E-state index contributed by atoms with van der Waals surface area (Å²) in [6.45, 7) is 0.728. The van der Waals surface area contributed by atoms with Gasteiger partial charge in [-0.2, -0.15) is 13.2 Å². The largest absolute Gasteiger partial charge is 0.416 e. The average molecular weight is 419 g/mol. The highest BCUT2D eigenvalue weighted by Gasteiger charge is 2.30. The molecule has 0 aliphatic carbocycles. The molecular formula is C22H18ClF3N2O. The minimum Gasteiger partial charge on any atom is -0.322 e. The fraction of sp³-hybridized carbons (Fsp3) is 0.136. The van der Waals surface area contributed by atoms with Crippen molar-refractivity contribution in [3.8, 4) is 0 Å². The third-order valence-corrected chi connectivity index (χ3v) is 4.55. The molecule has 7 heteroatoms. The van der Waals surface area contributed by atoms with E-state index >= 15 is 0 Å². The van der Waals surface area contributed by atoms with E-state index in [2.05, 4.69) is 10.6 Å². The van der Waals surface area contributed by atoms with Crippen molar-refractivity contribution in [2.75, 3.05) is 5.32 Å². The van der Waals surface area contributed by atoms with Gasteiger partial charge in [0.1, 0.15) is 0 Å². The van der Waals surface area contributed by atoms with Gasteiger partial charge in [0.05, 0.1) is 16.1 Å². The summed E-state index contributed by atoms with van der Waals surface area (Å²) in [4.78, 5) is 12.4. The maximum Gasteiger partial charge on any atom is 0.416 e. The molecule has 0 radical (unpaired) electrons. The van der Waals surface area contributed by atoms with Gasteiger partial charge in [0.2, 0.25) is 0 Å². The number of hydrogen-bond donors (Lipinski definition) is 2. The minimum absolute atomic E-state index is 0.292. The van der Waals surface area contributed by atoms with Crippen LogP contribution >= 0.6 is 11.6 Å². The summed E-state index contributed by atoms with van der Waals surface area (Å²) in [5, 5.41) is 6.28. The lowest BCUT2D eigenvalue weighted by Gasteiger charge is -2.11. The third kappa shape index (κ3) is 5.82. The van der Waals surface area contributed by atoms with E-state index in [1.54, 1.807) is 48.5 Å². The highest BCUT2D eigenvalue weighted by Crippen LogP contribution is 2.29. The molecule has 0 spiro atoms. The molecule has 1 amide bonds. The number of nitrogens with one attached hydrogen (secondary N) is 2. The van der Waals surface area contributed by atoms with Gasteiger partial charge in [0, 0.05) is 18.8 Å². The van der Waals surface area contributed by atoms with Gasteiger partial charge < -0.3 is 10.6 Å². The lowest BCUT2D eigenvalue weighted by atomic mass is 10.1. The summed E-state index contributed by atoms with van der Waals surface area (Å²) >= 11 is 6.04. The fourth-order valence-electron chi connectivity index (χ4n) is 2.81. The fourth-order valence-corrected chi connectivity index (χ4v) is 3.03. The smallest absolute Gasteiger partial charge is 0.322 e. The molecule has 3 rings (SSSR count). The zero-order valence-electron chi connectivity index (χ0n) is 15.3. The van der Waals surface area contributed by atoms with Crippen molar-refractivity contribution in [2.45, 2.75) is 19.3 Å². The van der Waals surface area contributed by atoms with Gasteiger partial charge in [-0.15, -0.1) is 0 Å². The summed E-state index contributed by atoms with van der Waals surface area (Å²) in [6.07, 6.45) is -4.36. The molecule has 0 unspecified atom stereocenters. The molecule has 0 aliphatic heterocycles. The number of anilines is 1. The van der Waals surface area contributed by atoms with Crippen molar-refractivity contribution >= 4 is 23.2 Å². The van der Waals surface area contributed by atoms with Crippen molar-refractivity contribution in [3.05, 3.63) is 100 Å². The van der Waals surface area contributed by atoms with E-state index in [-0.39, 0.29) is 5.91 Å². The van der Waals surface area contributed by atoms with Crippen LogP contribution in [0.15, 0.2) is 72.8 Å². The van der Waals surface area contributed by atoms with Crippen LogP contribution in [-0.2, 0) is 19.3 Å². The Labute approximate surface area is 171 Å². The average Bonchev–Trinajstić information content (AvgIpc) is 2.68.